The molecule has 0 amide bonds. The SMILES string of the molecule is COc1cncc2nc(Cl)cc(Cl)c12. The average Bonchev–Trinajstić information content (AvgIpc) is 2.16. The summed E-state index contributed by atoms with van der Waals surface area (Å²) in [6.45, 7) is 0. The van der Waals surface area contributed by atoms with Gasteiger partial charge in [-0.3, -0.25) is 4.98 Å². The van der Waals surface area contributed by atoms with Gasteiger partial charge >= 0.3 is 0 Å². The first kappa shape index (κ1) is 9.49. The van der Waals surface area contributed by atoms with Crippen molar-refractivity contribution in [2.75, 3.05) is 7.11 Å². The number of methoxy groups -OCH3 is 1. The smallest absolute Gasteiger partial charge is 0.148 e. The summed E-state index contributed by atoms with van der Waals surface area (Å²) in [5.74, 6) is 0.594. The highest BCUT2D eigenvalue weighted by Crippen LogP contribution is 2.31. The number of pyridine rings is 2. The second-order valence-electron chi connectivity index (χ2n) is 2.66. The molecule has 0 radical (unpaired) electrons. The van der Waals surface area contributed by atoms with E-state index in [0.29, 0.717) is 21.4 Å². The van der Waals surface area contributed by atoms with Crippen LogP contribution in [0, 0.1) is 0 Å². The molecule has 0 saturated carbocycles. The number of ether oxygens (including phenoxy) is 1. The Hall–Kier alpha value is -1.06. The molecular formula is C9H6Cl2N2O. The van der Waals surface area contributed by atoms with E-state index in [1.165, 1.54) is 0 Å². The Bertz CT molecular complexity index is 487. The number of rotatable bonds is 1. The third-order valence-electron chi connectivity index (χ3n) is 1.82. The first-order chi connectivity index (χ1) is 6.72. The fourth-order valence-corrected chi connectivity index (χ4v) is 1.78. The van der Waals surface area contributed by atoms with Gasteiger partial charge in [-0.05, 0) is 6.07 Å². The number of hydrogen-bond donors (Lipinski definition) is 0. The summed E-state index contributed by atoms with van der Waals surface area (Å²) >= 11 is 11.8. The van der Waals surface area contributed by atoms with Crippen LogP contribution < -0.4 is 4.74 Å². The van der Waals surface area contributed by atoms with Crippen LogP contribution in [-0.2, 0) is 0 Å². The molecule has 0 saturated heterocycles. The van der Waals surface area contributed by atoms with Crippen LogP contribution in [0.1, 0.15) is 0 Å². The molecule has 0 spiro atoms. The zero-order valence-corrected chi connectivity index (χ0v) is 8.80. The third-order valence-corrected chi connectivity index (χ3v) is 2.31. The number of hydrogen-bond acceptors (Lipinski definition) is 3. The van der Waals surface area contributed by atoms with Crippen molar-refractivity contribution in [1.82, 2.24) is 9.97 Å². The van der Waals surface area contributed by atoms with Crippen LogP contribution in [0.15, 0.2) is 18.5 Å². The lowest BCUT2D eigenvalue weighted by Crippen LogP contribution is -1.89. The summed E-state index contributed by atoms with van der Waals surface area (Å²) in [6.07, 6.45) is 3.18. The Morgan fingerprint density at radius 2 is 2.07 bits per heavy atom. The number of nitrogens with zero attached hydrogens (tertiary/aromatic N) is 2. The Labute approximate surface area is 90.6 Å². The minimum absolute atomic E-state index is 0.345. The van der Waals surface area contributed by atoms with Gasteiger partial charge in [0.05, 0.1) is 35.4 Å². The number of fused-ring (bicyclic) bond motifs is 1. The molecular weight excluding hydrogens is 223 g/mol. The Balaban J connectivity index is 2.87. The summed E-state index contributed by atoms with van der Waals surface area (Å²) in [4.78, 5) is 8.04. The van der Waals surface area contributed by atoms with Gasteiger partial charge in [0.15, 0.2) is 0 Å². The van der Waals surface area contributed by atoms with E-state index in [2.05, 4.69) is 9.97 Å². The van der Waals surface area contributed by atoms with Gasteiger partial charge in [0, 0.05) is 0 Å². The van der Waals surface area contributed by atoms with E-state index in [0.717, 1.165) is 5.39 Å². The molecule has 2 aromatic heterocycles. The van der Waals surface area contributed by atoms with Gasteiger partial charge in [-0.2, -0.15) is 0 Å². The molecule has 5 heteroatoms. The van der Waals surface area contributed by atoms with Crippen molar-refractivity contribution in [1.29, 1.82) is 0 Å². The first-order valence-corrected chi connectivity index (χ1v) is 4.61. The maximum absolute atomic E-state index is 6.01. The topological polar surface area (TPSA) is 35.0 Å². The molecule has 0 fully saturated rings. The van der Waals surface area contributed by atoms with Crippen LogP contribution in [0.2, 0.25) is 10.2 Å². The van der Waals surface area contributed by atoms with Crippen LogP contribution >= 0.6 is 23.2 Å². The predicted molar refractivity (Wildman–Crippen MR) is 56.1 cm³/mol. The normalized spacial score (nSPS) is 10.5. The van der Waals surface area contributed by atoms with Crippen LogP contribution in [-0.4, -0.2) is 17.1 Å². The van der Waals surface area contributed by atoms with Crippen molar-refractivity contribution in [2.24, 2.45) is 0 Å². The van der Waals surface area contributed by atoms with Gasteiger partial charge in [0.1, 0.15) is 10.9 Å². The molecule has 14 heavy (non-hydrogen) atoms. The highest BCUT2D eigenvalue weighted by molar-refractivity contribution is 6.38. The molecule has 2 heterocycles. The fraction of sp³-hybridized carbons (Fsp3) is 0.111. The zero-order chi connectivity index (χ0) is 10.1. The van der Waals surface area contributed by atoms with E-state index in [-0.39, 0.29) is 0 Å². The van der Waals surface area contributed by atoms with E-state index in [4.69, 9.17) is 27.9 Å². The molecule has 0 atom stereocenters. The Morgan fingerprint density at radius 3 is 2.79 bits per heavy atom. The van der Waals surface area contributed by atoms with Gasteiger partial charge in [0.2, 0.25) is 0 Å². The highest BCUT2D eigenvalue weighted by Gasteiger charge is 2.08. The van der Waals surface area contributed by atoms with E-state index < -0.39 is 0 Å². The van der Waals surface area contributed by atoms with Crippen molar-refractivity contribution in [3.63, 3.8) is 0 Å². The van der Waals surface area contributed by atoms with Gasteiger partial charge in [-0.1, -0.05) is 23.2 Å². The lowest BCUT2D eigenvalue weighted by atomic mass is 10.2. The number of halogens is 2. The average molecular weight is 229 g/mol. The second-order valence-corrected chi connectivity index (χ2v) is 3.46. The van der Waals surface area contributed by atoms with E-state index in [1.807, 2.05) is 0 Å². The summed E-state index contributed by atoms with van der Waals surface area (Å²) < 4.78 is 5.12. The summed E-state index contributed by atoms with van der Waals surface area (Å²) in [5.41, 5.74) is 0.627. The molecule has 0 bridgehead atoms. The van der Waals surface area contributed by atoms with E-state index >= 15 is 0 Å². The van der Waals surface area contributed by atoms with Crippen molar-refractivity contribution in [3.05, 3.63) is 28.6 Å². The van der Waals surface area contributed by atoms with Crippen LogP contribution in [0.4, 0.5) is 0 Å². The van der Waals surface area contributed by atoms with Crippen molar-refractivity contribution < 1.29 is 4.74 Å². The molecule has 0 aromatic carbocycles. The van der Waals surface area contributed by atoms with Crippen LogP contribution in [0.25, 0.3) is 10.9 Å². The monoisotopic (exact) mass is 228 g/mol. The third kappa shape index (κ3) is 1.49. The molecule has 72 valence electrons. The van der Waals surface area contributed by atoms with E-state index in [1.54, 1.807) is 25.6 Å². The van der Waals surface area contributed by atoms with Crippen molar-refractivity contribution in [3.8, 4) is 5.75 Å². The molecule has 0 unspecified atom stereocenters. The van der Waals surface area contributed by atoms with Crippen molar-refractivity contribution in [2.45, 2.75) is 0 Å². The first-order valence-electron chi connectivity index (χ1n) is 3.86. The second kappa shape index (κ2) is 3.59. The van der Waals surface area contributed by atoms with Crippen LogP contribution in [0.5, 0.6) is 5.75 Å². The van der Waals surface area contributed by atoms with Gasteiger partial charge in [-0.25, -0.2) is 4.98 Å². The Kier molecular flexibility index (Phi) is 2.44. The summed E-state index contributed by atoms with van der Waals surface area (Å²) in [5, 5.41) is 1.59. The quantitative estimate of drug-likeness (QED) is 0.705. The standard InChI is InChI=1S/C9H6Cl2N2O/c1-14-7-4-12-3-6-9(7)5(10)2-8(11)13-6/h2-4H,1H3. The van der Waals surface area contributed by atoms with Crippen molar-refractivity contribution >= 4 is 34.1 Å². The van der Waals surface area contributed by atoms with Gasteiger partial charge < -0.3 is 4.74 Å². The molecule has 0 aliphatic rings. The lowest BCUT2D eigenvalue weighted by molar-refractivity contribution is 0.418. The van der Waals surface area contributed by atoms with Gasteiger partial charge in [-0.15, -0.1) is 0 Å². The minimum Gasteiger partial charge on any atom is -0.494 e. The fourth-order valence-electron chi connectivity index (χ4n) is 1.23. The maximum atomic E-state index is 6.01. The van der Waals surface area contributed by atoms with Crippen LogP contribution in [0.3, 0.4) is 0 Å². The van der Waals surface area contributed by atoms with Gasteiger partial charge in [0.25, 0.3) is 0 Å². The summed E-state index contributed by atoms with van der Waals surface area (Å²) in [7, 11) is 1.56. The summed E-state index contributed by atoms with van der Waals surface area (Å²) in [6, 6.07) is 1.58. The van der Waals surface area contributed by atoms with E-state index in [9.17, 15) is 0 Å². The highest BCUT2D eigenvalue weighted by atomic mass is 35.5. The predicted octanol–water partition coefficient (Wildman–Crippen LogP) is 2.95. The zero-order valence-electron chi connectivity index (χ0n) is 7.29. The Morgan fingerprint density at radius 1 is 1.29 bits per heavy atom. The molecule has 3 nitrogen and oxygen atoms in total. The molecule has 0 aliphatic heterocycles. The minimum atomic E-state index is 0.345. The molecule has 0 N–H and O–H groups in total. The molecule has 2 aromatic rings. The maximum Gasteiger partial charge on any atom is 0.148 e. The largest absolute Gasteiger partial charge is 0.494 e. The number of aromatic nitrogens is 2. The molecule has 2 rings (SSSR count). The lowest BCUT2D eigenvalue weighted by Gasteiger charge is -2.05. The molecule has 0 aliphatic carbocycles.